The highest BCUT2D eigenvalue weighted by Crippen LogP contribution is 2.38. The van der Waals surface area contributed by atoms with Crippen LogP contribution in [0, 0.1) is 0 Å². The number of para-hydroxylation sites is 2. The van der Waals surface area contributed by atoms with Gasteiger partial charge in [0.05, 0.1) is 24.1 Å². The highest BCUT2D eigenvalue weighted by Gasteiger charge is 2.43. The van der Waals surface area contributed by atoms with Gasteiger partial charge in [0.2, 0.25) is 41.4 Å². The molecule has 82 heavy (non-hydrogen) atoms. The minimum Gasteiger partial charge on any atom is -0.481 e. The Morgan fingerprint density at radius 1 is 0.744 bits per heavy atom. The van der Waals surface area contributed by atoms with Gasteiger partial charge in [-0.25, -0.2) is 4.79 Å². The van der Waals surface area contributed by atoms with Crippen molar-refractivity contribution in [3.63, 3.8) is 0 Å². The van der Waals surface area contributed by atoms with Crippen LogP contribution in [-0.2, 0) is 51.2 Å². The first-order valence-electron chi connectivity index (χ1n) is 26.5. The molecule has 0 radical (unpaired) electrons. The lowest BCUT2D eigenvalue weighted by molar-refractivity contribution is -0.142. The molecule has 434 valence electrons. The number of carboxylic acid groups (broad SMARTS) is 1. The fourth-order valence-corrected chi connectivity index (χ4v) is 10.4. The Labute approximate surface area is 467 Å². The molecule has 28 nitrogen and oxygen atoms in total. The molecule has 3 aromatic heterocycles. The Bertz CT molecular complexity index is 3450. The fourth-order valence-electron chi connectivity index (χ4n) is 10.4. The number of H-pyrrole nitrogens is 3. The van der Waals surface area contributed by atoms with Crippen LogP contribution < -0.4 is 71.0 Å². The number of aromatic amines is 3. The van der Waals surface area contributed by atoms with Crippen molar-refractivity contribution in [2.24, 2.45) is 44.4 Å². The summed E-state index contributed by atoms with van der Waals surface area (Å²) in [7, 11) is 0. The van der Waals surface area contributed by atoms with E-state index < -0.39 is 114 Å². The number of amides is 7. The number of aliphatic carboxylic acids is 1. The number of benzene rings is 3. The van der Waals surface area contributed by atoms with Gasteiger partial charge in [0.15, 0.2) is 18.0 Å². The molecule has 9 rings (SSSR count). The maximum Gasteiger partial charge on any atom is 0.326 e. The van der Waals surface area contributed by atoms with Crippen LogP contribution in [0.3, 0.4) is 0 Å². The van der Waals surface area contributed by atoms with Gasteiger partial charge in [0.1, 0.15) is 42.0 Å². The van der Waals surface area contributed by atoms with Gasteiger partial charge in [0.25, 0.3) is 0 Å². The highest BCUT2D eigenvalue weighted by molar-refractivity contribution is 6.00. The number of hydrogen-bond acceptors (Lipinski definition) is 13. The van der Waals surface area contributed by atoms with Crippen LogP contribution in [0.5, 0.6) is 5.75 Å². The van der Waals surface area contributed by atoms with E-state index in [9.17, 15) is 39.0 Å². The molecule has 0 saturated carbocycles. The van der Waals surface area contributed by atoms with Gasteiger partial charge in [-0.3, -0.25) is 43.5 Å². The minimum atomic E-state index is -1.90. The number of aromatic nitrogens is 3. The third-order valence-electron chi connectivity index (χ3n) is 14.5. The summed E-state index contributed by atoms with van der Waals surface area (Å²) in [5, 5.41) is 39.3. The Morgan fingerprint density at radius 3 is 2.18 bits per heavy atom. The van der Waals surface area contributed by atoms with Gasteiger partial charge >= 0.3 is 5.97 Å². The second kappa shape index (κ2) is 25.6. The number of carbonyl (C=O) groups is 8. The molecule has 0 fully saturated rings. The molecule has 0 unspecified atom stereocenters. The molecule has 0 saturated heterocycles. The van der Waals surface area contributed by atoms with E-state index in [1.807, 2.05) is 12.1 Å². The predicted octanol–water partition coefficient (Wildman–Crippen LogP) is -2.17. The summed E-state index contributed by atoms with van der Waals surface area (Å²) in [6, 6.07) is 6.06. The first-order valence-corrected chi connectivity index (χ1v) is 26.5. The second-order valence-electron chi connectivity index (χ2n) is 20.4. The molecule has 10 atom stereocenters. The van der Waals surface area contributed by atoms with E-state index in [0.717, 1.165) is 10.9 Å². The molecule has 28 heteroatoms. The van der Waals surface area contributed by atoms with Crippen molar-refractivity contribution < 1.29 is 53.3 Å². The third-order valence-corrected chi connectivity index (χ3v) is 14.5. The summed E-state index contributed by atoms with van der Waals surface area (Å²) < 4.78 is 6.82. The summed E-state index contributed by atoms with van der Waals surface area (Å²) in [6.07, 6.45) is 0.987. The monoisotopic (exact) mass is 1130 g/mol. The van der Waals surface area contributed by atoms with Gasteiger partial charge in [-0.05, 0) is 73.9 Å². The van der Waals surface area contributed by atoms with Crippen LogP contribution in [-0.4, -0.2) is 146 Å². The van der Waals surface area contributed by atoms with Gasteiger partial charge < -0.3 is 96.2 Å². The average Bonchev–Trinajstić information content (AvgIpc) is 3.44. The number of hydrogen-bond donors (Lipinski definition) is 17. The number of rotatable bonds is 18. The Hall–Kier alpha value is -9.70. The fraction of sp³-hybridized carbons (Fsp3) is 0.370. The highest BCUT2D eigenvalue weighted by atomic mass is 16.5. The third kappa shape index (κ3) is 13.6. The van der Waals surface area contributed by atoms with Crippen molar-refractivity contribution in [3.8, 4) is 5.75 Å². The molecule has 3 aromatic carbocycles. The lowest BCUT2D eigenvalue weighted by Crippen LogP contribution is -2.63. The maximum absolute atomic E-state index is 15.3. The topological polar surface area (TPSA) is 487 Å². The van der Waals surface area contributed by atoms with Crippen LogP contribution in [0.1, 0.15) is 73.3 Å². The average molecular weight is 1130 g/mol. The number of nitrogens with zero attached hydrogens (tertiary/aromatic N) is 2. The molecule has 7 amide bonds. The van der Waals surface area contributed by atoms with E-state index in [1.165, 1.54) is 13.1 Å². The van der Waals surface area contributed by atoms with Crippen LogP contribution in [0.15, 0.2) is 89.2 Å². The number of nitrogens with two attached hydrogens (primary N) is 6. The summed E-state index contributed by atoms with van der Waals surface area (Å²) >= 11 is 0. The first kappa shape index (κ1) is 58.4. The SMILES string of the molecule is C[C@@H](O)[C@@H]1NC(=O)[C@H]2NC(=O)[C@H](CC(N)=O)NC(=O)[C@@H](N)Cc3c[nH]c4c(cccc34)O[C@@H]2c2c[nH]c3cc(ccc23)[C@H](CCCN=C(N)N)[C@@H](C(=O)N[C@@H](CCCN=C(N)N)C(=O)N[C@@H](Cc2c[nH]c3ccccc23)C(=O)O)NC1=O. The molecule has 8 bridgehead atoms. The smallest absolute Gasteiger partial charge is 0.326 e. The summed E-state index contributed by atoms with van der Waals surface area (Å²) in [5.74, 6) is -9.58. The largest absolute Gasteiger partial charge is 0.481 e. The first-order chi connectivity index (χ1) is 39.2. The van der Waals surface area contributed by atoms with Crippen molar-refractivity contribution in [1.82, 2.24) is 46.9 Å². The van der Waals surface area contributed by atoms with Gasteiger partial charge in [-0.1, -0.05) is 42.5 Å². The number of nitrogens with one attached hydrogen (secondary N) is 9. The van der Waals surface area contributed by atoms with Crippen molar-refractivity contribution in [2.75, 3.05) is 13.1 Å². The van der Waals surface area contributed by atoms with Crippen molar-refractivity contribution in [2.45, 2.75) is 112 Å². The van der Waals surface area contributed by atoms with Crippen LogP contribution >= 0.6 is 0 Å². The van der Waals surface area contributed by atoms with Crippen molar-refractivity contribution in [1.29, 1.82) is 0 Å². The zero-order valence-electron chi connectivity index (χ0n) is 44.6. The number of aliphatic imine (C=N–C) groups is 2. The van der Waals surface area contributed by atoms with E-state index in [-0.39, 0.29) is 74.8 Å². The van der Waals surface area contributed by atoms with Gasteiger partial charge in [-0.15, -0.1) is 0 Å². The number of guanidine groups is 2. The van der Waals surface area contributed by atoms with E-state index >= 15 is 9.59 Å². The summed E-state index contributed by atoms with van der Waals surface area (Å²) in [5.41, 5.74) is 38.0. The van der Waals surface area contributed by atoms with Crippen LogP contribution in [0.2, 0.25) is 0 Å². The van der Waals surface area contributed by atoms with E-state index in [4.69, 9.17) is 39.1 Å². The molecule has 6 aromatic rings. The zero-order valence-corrected chi connectivity index (χ0v) is 44.6. The number of fused-ring (bicyclic) bond motifs is 8. The number of carboxylic acids is 1. The van der Waals surface area contributed by atoms with Crippen LogP contribution in [0.4, 0.5) is 0 Å². The predicted molar refractivity (Wildman–Crippen MR) is 301 cm³/mol. The molecular weight excluding hydrogens is 1060 g/mol. The van der Waals surface area contributed by atoms with E-state index in [1.54, 1.807) is 60.9 Å². The van der Waals surface area contributed by atoms with Crippen molar-refractivity contribution in [3.05, 3.63) is 102 Å². The van der Waals surface area contributed by atoms with Gasteiger partial charge in [-0.2, -0.15) is 0 Å². The second-order valence-corrected chi connectivity index (χ2v) is 20.4. The zero-order chi connectivity index (χ0) is 58.9. The van der Waals surface area contributed by atoms with Crippen LogP contribution in [0.25, 0.3) is 32.7 Å². The lowest BCUT2D eigenvalue weighted by atomic mass is 9.85. The molecule has 3 aliphatic heterocycles. The molecule has 23 N–H and O–H groups in total. The minimum absolute atomic E-state index is 0.00301. The summed E-state index contributed by atoms with van der Waals surface area (Å²) in [4.78, 5) is 131. The van der Waals surface area contributed by atoms with E-state index in [0.29, 0.717) is 38.5 Å². The molecule has 6 heterocycles. The Balaban J connectivity index is 1.23. The Kier molecular flexibility index (Phi) is 18.3. The normalized spacial score (nSPS) is 21.5. The van der Waals surface area contributed by atoms with Crippen molar-refractivity contribution >= 4 is 91.9 Å². The standard InChI is InChI=1S/C54H67N17O11/c1-24(72)41-49(77)70-43(50(78)66-35(11-6-16-62-54(59)60)47(75)68-38(52(80)81)19-27-21-63-34-10-3-2-7-28(27)34)29(9-5-15-61-53(57)58)25-13-14-31-32(23-64-36(31)18-25)45-44(51(79)69-41)71-48(76)37(20-40(56)73)67-46(74)33(55)17-26-22-65-42-30(26)8-4-12-39(42)82-45/h2-4,7-8,10,12-14,18,21-24,29,33,35,37-38,41,43-45,63-65,72H,5-6,9,11,15-17,19-20,55H2,1H3,(H2,56,73)(H,66,78)(H,67,74)(H,68,75)(H,69,79)(H,70,77)(H,71,76)(H,80,81)(H4,57,58,61)(H4,59,60,62)/t24-,29+,33+,35+,37+,38+,41+,43+,44+,45-/m1/s1. The quantitative estimate of drug-likeness (QED) is 0.0247. The number of carbonyl (C=O) groups excluding carboxylic acids is 7. The number of aliphatic hydroxyl groups excluding tert-OH is 1. The van der Waals surface area contributed by atoms with E-state index in [2.05, 4.69) is 56.8 Å². The van der Waals surface area contributed by atoms with Gasteiger partial charge in [0, 0.05) is 76.8 Å². The lowest BCUT2D eigenvalue weighted by Gasteiger charge is -2.34. The molecule has 3 aliphatic rings. The number of aliphatic hydroxyl groups is 1. The maximum atomic E-state index is 15.3. The molecule has 0 spiro atoms. The molecular formula is C54H67N17O11. The number of ether oxygens (including phenoxy) is 1. The molecule has 0 aliphatic carbocycles. The number of primary amides is 1. The Morgan fingerprint density at radius 2 is 1.46 bits per heavy atom. The summed E-state index contributed by atoms with van der Waals surface area (Å²) in [6.45, 7) is 1.27.